The highest BCUT2D eigenvalue weighted by Crippen LogP contribution is 2.33. The van der Waals surface area contributed by atoms with E-state index >= 15 is 0 Å². The van der Waals surface area contributed by atoms with Crippen LogP contribution in [0.15, 0.2) is 6.33 Å². The molecule has 160 valence electrons. The van der Waals surface area contributed by atoms with Crippen LogP contribution in [0.25, 0.3) is 11.2 Å². The second-order valence-corrected chi connectivity index (χ2v) is 8.86. The van der Waals surface area contributed by atoms with E-state index in [9.17, 15) is 9.59 Å². The fourth-order valence-corrected chi connectivity index (χ4v) is 4.36. The Kier molecular flexibility index (Phi) is 4.83. The molecule has 30 heavy (non-hydrogen) atoms. The molecule has 1 saturated heterocycles. The molecule has 2 aromatic heterocycles. The number of likely N-dealkylation sites (tertiary alicyclic amines) is 1. The first kappa shape index (κ1) is 19.3. The van der Waals surface area contributed by atoms with Gasteiger partial charge in [-0.05, 0) is 51.9 Å². The fraction of sp³-hybridized carbons (Fsp3) is 0.667. The van der Waals surface area contributed by atoms with Crippen molar-refractivity contribution in [2.45, 2.75) is 64.6 Å². The summed E-state index contributed by atoms with van der Waals surface area (Å²) in [5.74, 6) is 1.94. The van der Waals surface area contributed by atoms with Gasteiger partial charge in [-0.25, -0.2) is 15.0 Å². The first-order chi connectivity index (χ1) is 14.5. The SMILES string of the molecule is CCn1c(C(=O)N[C@@H](C)C2CC2)nc2c(NC3CCN(C(=O)C4CC4)C3)ncnc21. The summed E-state index contributed by atoms with van der Waals surface area (Å²) in [6.07, 6.45) is 6.79. The fourth-order valence-electron chi connectivity index (χ4n) is 4.36. The molecular weight excluding hydrogens is 382 g/mol. The van der Waals surface area contributed by atoms with Gasteiger partial charge in [-0.3, -0.25) is 9.59 Å². The molecule has 0 bridgehead atoms. The molecule has 2 amide bonds. The summed E-state index contributed by atoms with van der Waals surface area (Å²) >= 11 is 0. The number of carbonyl (C=O) groups excluding carboxylic acids is 2. The molecule has 2 N–H and O–H groups in total. The predicted molar refractivity (Wildman–Crippen MR) is 112 cm³/mol. The molecule has 3 heterocycles. The molecule has 2 atom stereocenters. The summed E-state index contributed by atoms with van der Waals surface area (Å²) in [5, 5.41) is 6.53. The number of aryl methyl sites for hydroxylation is 1. The monoisotopic (exact) mass is 411 g/mol. The van der Waals surface area contributed by atoms with Crippen LogP contribution in [-0.4, -0.2) is 61.4 Å². The van der Waals surface area contributed by atoms with Crippen molar-refractivity contribution in [3.8, 4) is 0 Å². The Morgan fingerprint density at radius 2 is 2.00 bits per heavy atom. The van der Waals surface area contributed by atoms with Crippen molar-refractivity contribution in [3.63, 3.8) is 0 Å². The lowest BCUT2D eigenvalue weighted by Gasteiger charge is -2.17. The maximum Gasteiger partial charge on any atom is 0.287 e. The highest BCUT2D eigenvalue weighted by Gasteiger charge is 2.37. The van der Waals surface area contributed by atoms with Gasteiger partial charge in [0.15, 0.2) is 17.0 Å². The summed E-state index contributed by atoms with van der Waals surface area (Å²) < 4.78 is 1.84. The van der Waals surface area contributed by atoms with Crippen molar-refractivity contribution in [2.24, 2.45) is 11.8 Å². The predicted octanol–water partition coefficient (Wildman–Crippen LogP) is 1.80. The Balaban J connectivity index is 1.36. The van der Waals surface area contributed by atoms with Crippen LogP contribution in [0.3, 0.4) is 0 Å². The van der Waals surface area contributed by atoms with Crippen LogP contribution in [-0.2, 0) is 11.3 Å². The number of imidazole rings is 1. The number of anilines is 1. The molecule has 3 aliphatic rings. The van der Waals surface area contributed by atoms with Crippen LogP contribution in [0.5, 0.6) is 0 Å². The normalized spacial score (nSPS) is 22.3. The van der Waals surface area contributed by atoms with Gasteiger partial charge in [0, 0.05) is 37.6 Å². The van der Waals surface area contributed by atoms with E-state index < -0.39 is 0 Å². The Labute approximate surface area is 175 Å². The Morgan fingerprint density at radius 3 is 2.70 bits per heavy atom. The number of hydrogen-bond acceptors (Lipinski definition) is 6. The molecule has 0 radical (unpaired) electrons. The van der Waals surface area contributed by atoms with E-state index in [0.29, 0.717) is 41.8 Å². The molecule has 1 aliphatic heterocycles. The molecule has 0 aromatic carbocycles. The Hall–Kier alpha value is -2.71. The molecule has 2 aliphatic carbocycles. The summed E-state index contributed by atoms with van der Waals surface area (Å²) in [7, 11) is 0. The summed E-state index contributed by atoms with van der Waals surface area (Å²) in [4.78, 5) is 40.6. The van der Waals surface area contributed by atoms with Gasteiger partial charge in [0.05, 0.1) is 0 Å². The number of carbonyl (C=O) groups is 2. The number of rotatable bonds is 7. The molecule has 3 fully saturated rings. The van der Waals surface area contributed by atoms with Crippen LogP contribution in [0.4, 0.5) is 5.82 Å². The van der Waals surface area contributed by atoms with Crippen LogP contribution >= 0.6 is 0 Å². The van der Waals surface area contributed by atoms with Crippen molar-refractivity contribution in [1.29, 1.82) is 0 Å². The van der Waals surface area contributed by atoms with Crippen molar-refractivity contribution in [2.75, 3.05) is 18.4 Å². The molecule has 1 unspecified atom stereocenters. The second kappa shape index (κ2) is 7.52. The van der Waals surface area contributed by atoms with Crippen molar-refractivity contribution >= 4 is 28.8 Å². The van der Waals surface area contributed by atoms with E-state index in [4.69, 9.17) is 0 Å². The molecule has 2 saturated carbocycles. The minimum Gasteiger partial charge on any atom is -0.364 e. The van der Waals surface area contributed by atoms with E-state index in [0.717, 1.165) is 25.8 Å². The molecule has 0 spiro atoms. The Morgan fingerprint density at radius 1 is 1.20 bits per heavy atom. The van der Waals surface area contributed by atoms with Gasteiger partial charge < -0.3 is 20.1 Å². The number of amides is 2. The summed E-state index contributed by atoms with van der Waals surface area (Å²) in [5.41, 5.74) is 1.26. The number of fused-ring (bicyclic) bond motifs is 1. The number of nitrogens with one attached hydrogen (secondary N) is 2. The smallest absolute Gasteiger partial charge is 0.287 e. The van der Waals surface area contributed by atoms with Crippen LogP contribution in [0, 0.1) is 11.8 Å². The van der Waals surface area contributed by atoms with Gasteiger partial charge in [-0.1, -0.05) is 0 Å². The maximum absolute atomic E-state index is 12.9. The average molecular weight is 412 g/mol. The molecular formula is C21H29N7O2. The largest absolute Gasteiger partial charge is 0.364 e. The first-order valence-corrected chi connectivity index (χ1v) is 11.1. The third-order valence-corrected chi connectivity index (χ3v) is 6.51. The minimum atomic E-state index is -0.165. The lowest BCUT2D eigenvalue weighted by Crippen LogP contribution is -2.35. The lowest BCUT2D eigenvalue weighted by atomic mass is 10.2. The standard InChI is InChI=1S/C21H29N7O2/c1-3-28-18-16(26-19(28)20(29)24-12(2)13-4-5-13)17(22-11-23-18)25-15-8-9-27(10-15)21(30)14-6-7-14/h11-15H,3-10H2,1-2H3,(H,24,29)(H,22,23,25)/t12-,15?/m0/s1. The summed E-state index contributed by atoms with van der Waals surface area (Å²) in [6, 6.07) is 0.282. The average Bonchev–Trinajstić information content (AvgIpc) is 3.66. The highest BCUT2D eigenvalue weighted by atomic mass is 16.2. The van der Waals surface area contributed by atoms with E-state index in [1.165, 1.54) is 19.2 Å². The van der Waals surface area contributed by atoms with E-state index in [1.807, 2.05) is 16.4 Å². The second-order valence-electron chi connectivity index (χ2n) is 8.86. The third kappa shape index (κ3) is 3.61. The maximum atomic E-state index is 12.9. The number of nitrogens with zero attached hydrogens (tertiary/aromatic N) is 5. The van der Waals surface area contributed by atoms with E-state index in [2.05, 4.69) is 32.5 Å². The minimum absolute atomic E-state index is 0.129. The van der Waals surface area contributed by atoms with Gasteiger partial charge in [-0.15, -0.1) is 0 Å². The number of aromatic nitrogens is 4. The van der Waals surface area contributed by atoms with E-state index in [-0.39, 0.29) is 29.8 Å². The van der Waals surface area contributed by atoms with Gasteiger partial charge in [0.25, 0.3) is 5.91 Å². The number of hydrogen-bond donors (Lipinski definition) is 2. The lowest BCUT2D eigenvalue weighted by molar-refractivity contribution is -0.131. The van der Waals surface area contributed by atoms with Crippen molar-refractivity contribution in [1.82, 2.24) is 29.7 Å². The topological polar surface area (TPSA) is 105 Å². The van der Waals surface area contributed by atoms with Gasteiger partial charge in [0.2, 0.25) is 11.7 Å². The van der Waals surface area contributed by atoms with Gasteiger partial charge >= 0.3 is 0 Å². The Bertz CT molecular complexity index is 979. The van der Waals surface area contributed by atoms with Crippen LogP contribution in [0.2, 0.25) is 0 Å². The third-order valence-electron chi connectivity index (χ3n) is 6.51. The molecule has 9 nitrogen and oxygen atoms in total. The van der Waals surface area contributed by atoms with Crippen molar-refractivity contribution in [3.05, 3.63) is 12.2 Å². The van der Waals surface area contributed by atoms with Gasteiger partial charge in [0.1, 0.15) is 6.33 Å². The van der Waals surface area contributed by atoms with E-state index in [1.54, 1.807) is 0 Å². The quantitative estimate of drug-likeness (QED) is 0.720. The zero-order chi connectivity index (χ0) is 20.8. The van der Waals surface area contributed by atoms with Crippen LogP contribution in [0.1, 0.15) is 56.6 Å². The molecule has 5 rings (SSSR count). The summed E-state index contributed by atoms with van der Waals surface area (Å²) in [6.45, 7) is 6.09. The zero-order valence-electron chi connectivity index (χ0n) is 17.6. The van der Waals surface area contributed by atoms with Crippen LogP contribution < -0.4 is 10.6 Å². The molecule has 2 aromatic rings. The van der Waals surface area contributed by atoms with Crippen molar-refractivity contribution < 1.29 is 9.59 Å². The van der Waals surface area contributed by atoms with Gasteiger partial charge in [-0.2, -0.15) is 0 Å². The highest BCUT2D eigenvalue weighted by molar-refractivity contribution is 5.96. The zero-order valence-corrected chi connectivity index (χ0v) is 17.6. The molecule has 9 heteroatoms. The first-order valence-electron chi connectivity index (χ1n) is 11.1.